The third-order valence-corrected chi connectivity index (χ3v) is 6.26. The normalized spacial score (nSPS) is 13.4. The Kier molecular flexibility index (Phi) is 5.09. The molecule has 1 atom stereocenters. The molecule has 0 spiro atoms. The molecule has 0 N–H and O–H groups in total. The summed E-state index contributed by atoms with van der Waals surface area (Å²) in [6.45, 7) is 2.23. The Hall–Kier alpha value is -0.343. The van der Waals surface area contributed by atoms with Crippen LogP contribution in [0.1, 0.15) is 12.5 Å². The molecule has 0 radical (unpaired) electrons. The van der Waals surface area contributed by atoms with Gasteiger partial charge in [-0.1, -0.05) is 49.0 Å². The molecule has 0 fully saturated rings. The molecule has 0 aliphatic heterocycles. The lowest BCUT2D eigenvalue weighted by atomic mass is 10.2. The van der Waals surface area contributed by atoms with E-state index >= 15 is 0 Å². The minimum absolute atomic E-state index is 0.691. The molecule has 1 rings (SSSR count). The van der Waals surface area contributed by atoms with Gasteiger partial charge in [0.1, 0.15) is 7.42 Å². The van der Waals surface area contributed by atoms with Gasteiger partial charge in [-0.3, -0.25) is 0 Å². The maximum Gasteiger partial charge on any atom is 0.137 e. The van der Waals surface area contributed by atoms with Crippen LogP contribution in [0.2, 0.25) is 6.04 Å². The van der Waals surface area contributed by atoms with Gasteiger partial charge in [0.2, 0.25) is 0 Å². The highest BCUT2D eigenvalue weighted by Crippen LogP contribution is 2.04. The fourth-order valence-electron chi connectivity index (χ4n) is 1.10. The zero-order valence-electron chi connectivity index (χ0n) is 7.91. The second-order valence-corrected chi connectivity index (χ2v) is 8.80. The molecule has 13 heavy (non-hydrogen) atoms. The molecular formula is C11H15BrSi. The van der Waals surface area contributed by atoms with Crippen LogP contribution in [-0.2, 0) is 6.42 Å². The second kappa shape index (κ2) is 6.16. The third kappa shape index (κ3) is 4.43. The number of rotatable bonds is 4. The second-order valence-electron chi connectivity index (χ2n) is 3.04. The first-order valence-corrected chi connectivity index (χ1v) is 9.34. The van der Waals surface area contributed by atoms with Gasteiger partial charge >= 0.3 is 0 Å². The van der Waals surface area contributed by atoms with E-state index in [0.29, 0.717) is 0 Å². The quantitative estimate of drug-likeness (QED) is 0.571. The Labute approximate surface area is 89.9 Å². The van der Waals surface area contributed by atoms with Gasteiger partial charge in [0.25, 0.3) is 0 Å². The number of hydrogen-bond acceptors (Lipinski definition) is 0. The molecule has 0 nitrogen and oxygen atoms in total. The van der Waals surface area contributed by atoms with Gasteiger partial charge in [0.05, 0.1) is 0 Å². The van der Waals surface area contributed by atoms with Crippen molar-refractivity contribution in [3.63, 3.8) is 0 Å². The smallest absolute Gasteiger partial charge is 0.125 e. The van der Waals surface area contributed by atoms with Gasteiger partial charge in [-0.2, -0.15) is 0 Å². The standard InChI is InChI=1S/C11H15BrSi/c1-2-13(12)10-6-9-11-7-4-3-5-8-11/h3-8,10,13H,2,9H2,1H3. The maximum atomic E-state index is 3.70. The topological polar surface area (TPSA) is 0 Å². The number of halogens is 1. The first-order valence-electron chi connectivity index (χ1n) is 4.67. The molecule has 70 valence electrons. The van der Waals surface area contributed by atoms with Crippen molar-refractivity contribution in [1.82, 2.24) is 0 Å². The van der Waals surface area contributed by atoms with Gasteiger partial charge in [0, 0.05) is 0 Å². The summed E-state index contributed by atoms with van der Waals surface area (Å²) >= 11 is 3.70. The molecule has 0 heterocycles. The van der Waals surface area contributed by atoms with Crippen LogP contribution in [0, 0.1) is 0 Å². The van der Waals surface area contributed by atoms with Crippen molar-refractivity contribution in [3.8, 4) is 0 Å². The Bertz CT molecular complexity index is 256. The van der Waals surface area contributed by atoms with Crippen LogP contribution in [0.4, 0.5) is 0 Å². The van der Waals surface area contributed by atoms with Crippen molar-refractivity contribution in [2.24, 2.45) is 0 Å². The SMILES string of the molecule is CC[SiH](Br)C=CCc1ccccc1. The summed E-state index contributed by atoms with van der Waals surface area (Å²) in [7, 11) is -0.691. The molecule has 2 heteroatoms. The van der Waals surface area contributed by atoms with Crippen LogP contribution in [0.15, 0.2) is 42.1 Å². The van der Waals surface area contributed by atoms with Crippen molar-refractivity contribution in [2.45, 2.75) is 19.4 Å². The summed E-state index contributed by atoms with van der Waals surface area (Å²) in [5.74, 6) is 0. The van der Waals surface area contributed by atoms with Crippen LogP contribution in [0.25, 0.3) is 0 Å². The van der Waals surface area contributed by atoms with E-state index in [1.54, 1.807) is 0 Å². The van der Waals surface area contributed by atoms with Crippen LogP contribution in [-0.4, -0.2) is 7.42 Å². The molecular weight excluding hydrogens is 240 g/mol. The lowest BCUT2D eigenvalue weighted by molar-refractivity contribution is 1.27. The lowest BCUT2D eigenvalue weighted by Gasteiger charge is -1.96. The maximum absolute atomic E-state index is 3.70. The molecule has 0 saturated heterocycles. The highest BCUT2D eigenvalue weighted by molar-refractivity contribution is 9.24. The molecule has 0 aliphatic carbocycles. The fraction of sp³-hybridized carbons (Fsp3) is 0.273. The first-order chi connectivity index (χ1) is 6.33. The van der Waals surface area contributed by atoms with Gasteiger partial charge in [-0.25, -0.2) is 0 Å². The van der Waals surface area contributed by atoms with E-state index in [1.807, 2.05) is 0 Å². The number of benzene rings is 1. The lowest BCUT2D eigenvalue weighted by Crippen LogP contribution is -1.94. The highest BCUT2D eigenvalue weighted by Gasteiger charge is 1.94. The van der Waals surface area contributed by atoms with Crippen LogP contribution >= 0.6 is 15.3 Å². The summed E-state index contributed by atoms with van der Waals surface area (Å²) in [5.41, 5.74) is 3.75. The number of allylic oxidation sites excluding steroid dienone is 1. The molecule has 0 aromatic heterocycles. The van der Waals surface area contributed by atoms with E-state index in [2.05, 4.69) is 64.3 Å². The Morgan fingerprint density at radius 1 is 1.31 bits per heavy atom. The first kappa shape index (κ1) is 10.7. The largest absolute Gasteiger partial charge is 0.137 e. The Morgan fingerprint density at radius 3 is 2.62 bits per heavy atom. The zero-order chi connectivity index (χ0) is 9.52. The molecule has 1 aromatic rings. The summed E-state index contributed by atoms with van der Waals surface area (Å²) in [5, 5.41) is 0. The summed E-state index contributed by atoms with van der Waals surface area (Å²) in [4.78, 5) is 0. The zero-order valence-corrected chi connectivity index (χ0v) is 10.7. The average Bonchev–Trinajstić information content (AvgIpc) is 2.19. The Balaban J connectivity index is 2.39. The van der Waals surface area contributed by atoms with Gasteiger partial charge in [-0.05, 0) is 18.0 Å². The molecule has 0 amide bonds. The minimum atomic E-state index is -0.691. The molecule has 1 aromatic carbocycles. The van der Waals surface area contributed by atoms with E-state index < -0.39 is 7.42 Å². The fourth-order valence-corrected chi connectivity index (χ4v) is 2.45. The van der Waals surface area contributed by atoms with Crippen molar-refractivity contribution >= 4 is 22.7 Å². The van der Waals surface area contributed by atoms with E-state index in [0.717, 1.165) is 6.42 Å². The van der Waals surface area contributed by atoms with Crippen LogP contribution < -0.4 is 0 Å². The van der Waals surface area contributed by atoms with Crippen LogP contribution in [0.5, 0.6) is 0 Å². The van der Waals surface area contributed by atoms with Gasteiger partial charge in [-0.15, -0.1) is 15.3 Å². The summed E-state index contributed by atoms with van der Waals surface area (Å²) in [6, 6.07) is 11.9. The molecule has 0 bridgehead atoms. The molecule has 0 saturated carbocycles. The average molecular weight is 255 g/mol. The van der Waals surface area contributed by atoms with Gasteiger partial charge < -0.3 is 0 Å². The van der Waals surface area contributed by atoms with E-state index in [9.17, 15) is 0 Å². The minimum Gasteiger partial charge on any atom is -0.125 e. The number of hydrogen-bond donors (Lipinski definition) is 0. The monoisotopic (exact) mass is 254 g/mol. The third-order valence-electron chi connectivity index (χ3n) is 1.93. The van der Waals surface area contributed by atoms with Crippen LogP contribution in [0.3, 0.4) is 0 Å². The van der Waals surface area contributed by atoms with Crippen molar-refractivity contribution < 1.29 is 0 Å². The Morgan fingerprint density at radius 2 is 2.00 bits per heavy atom. The summed E-state index contributed by atoms with van der Waals surface area (Å²) < 4.78 is 0. The van der Waals surface area contributed by atoms with Crippen molar-refractivity contribution in [1.29, 1.82) is 0 Å². The molecule has 0 aliphatic rings. The predicted molar refractivity (Wildman–Crippen MR) is 65.8 cm³/mol. The highest BCUT2D eigenvalue weighted by atomic mass is 79.9. The van der Waals surface area contributed by atoms with E-state index in [-0.39, 0.29) is 0 Å². The molecule has 1 unspecified atom stereocenters. The van der Waals surface area contributed by atoms with E-state index in [4.69, 9.17) is 0 Å². The van der Waals surface area contributed by atoms with Crippen molar-refractivity contribution in [2.75, 3.05) is 0 Å². The van der Waals surface area contributed by atoms with Gasteiger partial charge in [0.15, 0.2) is 0 Å². The summed E-state index contributed by atoms with van der Waals surface area (Å²) in [6.07, 6.45) is 3.35. The predicted octanol–water partition coefficient (Wildman–Crippen LogP) is 3.46. The van der Waals surface area contributed by atoms with Crippen molar-refractivity contribution in [3.05, 3.63) is 47.7 Å². The van der Waals surface area contributed by atoms with E-state index in [1.165, 1.54) is 11.6 Å².